The van der Waals surface area contributed by atoms with Crippen LogP contribution >= 0.6 is 0 Å². The van der Waals surface area contributed by atoms with E-state index in [2.05, 4.69) is 20.8 Å². The van der Waals surface area contributed by atoms with Crippen LogP contribution in [0.3, 0.4) is 0 Å². The minimum Gasteiger partial charge on any atom is -0.550 e. The first-order valence-electron chi connectivity index (χ1n) is 12.5. The highest BCUT2D eigenvalue weighted by molar-refractivity contribution is 5.66. The molecule has 0 heterocycles. The maximum atomic E-state index is 11.5. The number of carboxylic acid groups (broad SMARTS) is 1. The molecule has 0 radical (unpaired) electrons. The van der Waals surface area contributed by atoms with Gasteiger partial charge in [-0.2, -0.15) is 0 Å². The molecule has 0 bridgehead atoms. The van der Waals surface area contributed by atoms with Crippen LogP contribution in [-0.4, -0.2) is 18.0 Å². The number of carboxylic acids is 1. The van der Waals surface area contributed by atoms with Gasteiger partial charge in [0.15, 0.2) is 0 Å². The second-order valence-corrected chi connectivity index (χ2v) is 11.8. The molecule has 4 fully saturated rings. The molecule has 4 heteroatoms. The van der Waals surface area contributed by atoms with Crippen LogP contribution < -0.4 is 5.11 Å². The molecular formula is C26H41O4-. The lowest BCUT2D eigenvalue weighted by atomic mass is 9.44. The quantitative estimate of drug-likeness (QED) is 0.606. The van der Waals surface area contributed by atoms with Crippen LogP contribution in [0.1, 0.15) is 98.3 Å². The molecule has 0 aromatic carbocycles. The Morgan fingerprint density at radius 1 is 1.00 bits per heavy atom. The van der Waals surface area contributed by atoms with Crippen molar-refractivity contribution in [3.8, 4) is 0 Å². The fourth-order valence-electron chi connectivity index (χ4n) is 9.08. The van der Waals surface area contributed by atoms with Crippen molar-refractivity contribution in [1.82, 2.24) is 0 Å². The number of aliphatic carboxylic acids is 1. The van der Waals surface area contributed by atoms with Gasteiger partial charge in [-0.3, -0.25) is 4.79 Å². The van der Waals surface area contributed by atoms with Gasteiger partial charge in [-0.15, -0.1) is 0 Å². The summed E-state index contributed by atoms with van der Waals surface area (Å²) in [4.78, 5) is 22.4. The Morgan fingerprint density at radius 2 is 1.70 bits per heavy atom. The number of hydrogen-bond donors (Lipinski definition) is 0. The zero-order chi connectivity index (χ0) is 21.7. The summed E-state index contributed by atoms with van der Waals surface area (Å²) in [5, 5.41) is 11.0. The van der Waals surface area contributed by atoms with Crippen LogP contribution in [0.4, 0.5) is 0 Å². The Morgan fingerprint density at radius 3 is 2.40 bits per heavy atom. The molecule has 0 aliphatic heterocycles. The molecule has 170 valence electrons. The fourth-order valence-corrected chi connectivity index (χ4v) is 9.08. The van der Waals surface area contributed by atoms with Crippen molar-refractivity contribution in [2.24, 2.45) is 46.3 Å². The number of carbonyl (C=O) groups excluding carboxylic acids is 2. The molecule has 0 saturated heterocycles. The molecule has 0 aromatic rings. The van der Waals surface area contributed by atoms with Crippen LogP contribution in [0.15, 0.2) is 0 Å². The average Bonchev–Trinajstić information content (AvgIpc) is 3.03. The lowest BCUT2D eigenvalue weighted by Crippen LogP contribution is -2.54. The van der Waals surface area contributed by atoms with Crippen molar-refractivity contribution in [3.63, 3.8) is 0 Å². The number of rotatable bonds is 5. The van der Waals surface area contributed by atoms with E-state index in [1.165, 1.54) is 51.9 Å². The third kappa shape index (κ3) is 3.71. The lowest BCUT2D eigenvalue weighted by molar-refractivity contribution is -0.306. The second-order valence-electron chi connectivity index (χ2n) is 11.8. The summed E-state index contributed by atoms with van der Waals surface area (Å²) in [6, 6.07) is 0. The van der Waals surface area contributed by atoms with E-state index < -0.39 is 5.97 Å². The maximum absolute atomic E-state index is 11.5. The Labute approximate surface area is 182 Å². The van der Waals surface area contributed by atoms with Gasteiger partial charge in [-0.25, -0.2) is 0 Å². The number of hydrogen-bond acceptors (Lipinski definition) is 4. The van der Waals surface area contributed by atoms with Gasteiger partial charge in [-0.1, -0.05) is 20.8 Å². The highest BCUT2D eigenvalue weighted by atomic mass is 16.5. The van der Waals surface area contributed by atoms with Gasteiger partial charge in [0.2, 0.25) is 0 Å². The van der Waals surface area contributed by atoms with Gasteiger partial charge in [0.05, 0.1) is 0 Å². The fraction of sp³-hybridized carbons (Fsp3) is 0.923. The molecule has 0 amide bonds. The van der Waals surface area contributed by atoms with Crippen molar-refractivity contribution >= 4 is 11.9 Å². The van der Waals surface area contributed by atoms with Gasteiger partial charge in [0.1, 0.15) is 6.10 Å². The topological polar surface area (TPSA) is 66.4 Å². The van der Waals surface area contributed by atoms with Crippen LogP contribution in [0, 0.1) is 46.3 Å². The van der Waals surface area contributed by atoms with Gasteiger partial charge in [0, 0.05) is 12.9 Å². The highest BCUT2D eigenvalue weighted by Gasteiger charge is 2.60. The first-order valence-corrected chi connectivity index (χ1v) is 12.5. The molecule has 4 aliphatic rings. The Hall–Kier alpha value is -1.06. The molecule has 4 nitrogen and oxygen atoms in total. The van der Waals surface area contributed by atoms with E-state index >= 15 is 0 Å². The van der Waals surface area contributed by atoms with Gasteiger partial charge < -0.3 is 14.6 Å². The number of carbonyl (C=O) groups is 2. The predicted octanol–water partition coefficient (Wildman–Crippen LogP) is 4.74. The molecule has 0 N–H and O–H groups in total. The molecule has 0 unspecified atom stereocenters. The van der Waals surface area contributed by atoms with Crippen LogP contribution in [0.25, 0.3) is 0 Å². The normalized spacial score (nSPS) is 46.3. The lowest BCUT2D eigenvalue weighted by Gasteiger charge is -2.61. The summed E-state index contributed by atoms with van der Waals surface area (Å²) in [6.07, 6.45) is 12.2. The summed E-state index contributed by atoms with van der Waals surface area (Å²) < 4.78 is 5.60. The SMILES string of the molecule is CC(=O)O[C@@H]1CC[C@@]2(C)[C@H](CC[C@@H]3[C@H]4CC[C@H]([C@H](C)CCC(=O)[O-])[C@@]4(C)CC[C@@H]32)C1. The van der Waals surface area contributed by atoms with E-state index in [1.54, 1.807) is 0 Å². The van der Waals surface area contributed by atoms with Crippen molar-refractivity contribution < 1.29 is 19.4 Å². The van der Waals surface area contributed by atoms with Gasteiger partial charge >= 0.3 is 5.97 Å². The predicted molar refractivity (Wildman–Crippen MR) is 114 cm³/mol. The molecule has 4 aliphatic carbocycles. The van der Waals surface area contributed by atoms with Crippen molar-refractivity contribution in [3.05, 3.63) is 0 Å². The Bertz CT molecular complexity index is 674. The first kappa shape index (κ1) is 22.1. The van der Waals surface area contributed by atoms with E-state index in [0.29, 0.717) is 28.6 Å². The molecule has 9 atom stereocenters. The maximum Gasteiger partial charge on any atom is 0.302 e. The molecule has 0 spiro atoms. The number of esters is 1. The highest BCUT2D eigenvalue weighted by Crippen LogP contribution is 2.68. The number of ether oxygens (including phenoxy) is 1. The van der Waals surface area contributed by atoms with E-state index in [0.717, 1.165) is 37.0 Å². The van der Waals surface area contributed by atoms with Crippen molar-refractivity contribution in [1.29, 1.82) is 0 Å². The summed E-state index contributed by atoms with van der Waals surface area (Å²) in [7, 11) is 0. The van der Waals surface area contributed by atoms with Crippen molar-refractivity contribution in [2.75, 3.05) is 0 Å². The second kappa shape index (κ2) is 8.13. The molecule has 4 rings (SSSR count). The molecule has 0 aromatic heterocycles. The average molecular weight is 418 g/mol. The molecular weight excluding hydrogens is 376 g/mol. The van der Waals surface area contributed by atoms with Gasteiger partial charge in [0.25, 0.3) is 0 Å². The molecule has 4 saturated carbocycles. The zero-order valence-electron chi connectivity index (χ0n) is 19.5. The minimum atomic E-state index is -0.902. The summed E-state index contributed by atoms with van der Waals surface area (Å²) in [5.41, 5.74) is 0.782. The van der Waals surface area contributed by atoms with Crippen LogP contribution in [-0.2, 0) is 14.3 Å². The standard InChI is InChI=1S/C26H42O4/c1-16(5-10-24(28)29)21-8-9-22-20-7-6-18-15-19(30-17(2)27)11-13-25(18,3)23(20)12-14-26(21,22)4/h16,18-23H,5-15H2,1-4H3,(H,28,29)/p-1/t16-,18-,19-,20-,21-,22-,23+,25+,26-/m1/s1. The zero-order valence-corrected chi connectivity index (χ0v) is 19.5. The monoisotopic (exact) mass is 417 g/mol. The van der Waals surface area contributed by atoms with Crippen LogP contribution in [0.2, 0.25) is 0 Å². The molecule has 30 heavy (non-hydrogen) atoms. The first-order chi connectivity index (χ1) is 14.1. The third-order valence-electron chi connectivity index (χ3n) is 10.5. The summed E-state index contributed by atoms with van der Waals surface area (Å²) >= 11 is 0. The summed E-state index contributed by atoms with van der Waals surface area (Å²) in [5.74, 6) is 3.24. The van der Waals surface area contributed by atoms with Crippen molar-refractivity contribution in [2.45, 2.75) is 104 Å². The smallest absolute Gasteiger partial charge is 0.302 e. The number of fused-ring (bicyclic) bond motifs is 5. The Kier molecular flexibility index (Phi) is 6.00. The summed E-state index contributed by atoms with van der Waals surface area (Å²) in [6.45, 7) is 8.90. The van der Waals surface area contributed by atoms with Gasteiger partial charge in [-0.05, 0) is 117 Å². The Balaban J connectivity index is 1.47. The van der Waals surface area contributed by atoms with E-state index in [4.69, 9.17) is 4.74 Å². The van der Waals surface area contributed by atoms with E-state index in [9.17, 15) is 14.7 Å². The minimum absolute atomic E-state index is 0.129. The third-order valence-corrected chi connectivity index (χ3v) is 10.5. The largest absolute Gasteiger partial charge is 0.550 e. The van der Waals surface area contributed by atoms with E-state index in [-0.39, 0.29) is 18.5 Å². The van der Waals surface area contributed by atoms with Crippen LogP contribution in [0.5, 0.6) is 0 Å². The van der Waals surface area contributed by atoms with E-state index in [1.807, 2.05) is 0 Å².